The molecule has 0 saturated carbocycles. The number of furan rings is 1. The Labute approximate surface area is 180 Å². The van der Waals surface area contributed by atoms with Crippen LogP contribution < -0.4 is 20.3 Å². The van der Waals surface area contributed by atoms with E-state index in [9.17, 15) is 0 Å². The standard InChI is InChI=1S/C15H15NO.C9H11NO2S/c16-13-6-3-4-11(8-13)9-14-10-12-5-1-2-7-15(12)17-14;10-13-7-2-3-8-9(6-7)12-5-1-4-11-8/h1-2,4-5,7-8,10H,3,6,9,16H2;2-3,6H,1,4-5,10H2. The molecule has 2 aliphatic rings. The topological polar surface area (TPSA) is 83.6 Å². The number of rotatable bonds is 3. The van der Waals surface area contributed by atoms with E-state index < -0.39 is 0 Å². The van der Waals surface area contributed by atoms with Gasteiger partial charge in [0.1, 0.15) is 11.3 Å². The summed E-state index contributed by atoms with van der Waals surface area (Å²) in [5, 5.41) is 6.61. The number of benzene rings is 2. The molecular weight excluding hydrogens is 396 g/mol. The summed E-state index contributed by atoms with van der Waals surface area (Å²) < 4.78 is 16.8. The molecule has 0 atom stereocenters. The summed E-state index contributed by atoms with van der Waals surface area (Å²) >= 11 is 1.21. The van der Waals surface area contributed by atoms with Gasteiger partial charge < -0.3 is 19.6 Å². The highest BCUT2D eigenvalue weighted by Crippen LogP contribution is 2.32. The molecule has 0 bridgehead atoms. The van der Waals surface area contributed by atoms with Crippen molar-refractivity contribution in [1.82, 2.24) is 0 Å². The van der Waals surface area contributed by atoms with Crippen LogP contribution >= 0.6 is 11.9 Å². The van der Waals surface area contributed by atoms with E-state index in [-0.39, 0.29) is 0 Å². The second-order valence-electron chi connectivity index (χ2n) is 7.24. The molecule has 2 heterocycles. The van der Waals surface area contributed by atoms with Crippen molar-refractivity contribution in [3.05, 3.63) is 77.7 Å². The molecule has 2 aromatic carbocycles. The molecule has 0 saturated heterocycles. The van der Waals surface area contributed by atoms with E-state index in [1.807, 2.05) is 36.4 Å². The second kappa shape index (κ2) is 9.78. The van der Waals surface area contributed by atoms with Crippen molar-refractivity contribution >= 4 is 22.9 Å². The zero-order chi connectivity index (χ0) is 20.8. The molecule has 0 unspecified atom stereocenters. The van der Waals surface area contributed by atoms with Crippen molar-refractivity contribution in [1.29, 1.82) is 0 Å². The van der Waals surface area contributed by atoms with Gasteiger partial charge in [-0.2, -0.15) is 0 Å². The number of hydrogen-bond acceptors (Lipinski definition) is 6. The van der Waals surface area contributed by atoms with Gasteiger partial charge in [-0.15, -0.1) is 0 Å². The van der Waals surface area contributed by atoms with Gasteiger partial charge in [0.15, 0.2) is 11.5 Å². The number of para-hydroxylation sites is 1. The lowest BCUT2D eigenvalue weighted by atomic mass is 10.0. The Morgan fingerprint density at radius 2 is 1.80 bits per heavy atom. The summed E-state index contributed by atoms with van der Waals surface area (Å²) in [6.45, 7) is 1.44. The van der Waals surface area contributed by atoms with Crippen molar-refractivity contribution in [3.8, 4) is 11.5 Å². The molecule has 0 spiro atoms. The number of ether oxygens (including phenoxy) is 2. The molecule has 30 heavy (non-hydrogen) atoms. The molecule has 5 nitrogen and oxygen atoms in total. The molecule has 0 amide bonds. The Bertz CT molecular complexity index is 1040. The lowest BCUT2D eigenvalue weighted by Crippen LogP contribution is -2.02. The quantitative estimate of drug-likeness (QED) is 0.554. The molecule has 156 valence electrons. The first-order chi connectivity index (χ1) is 14.7. The Kier molecular flexibility index (Phi) is 6.67. The van der Waals surface area contributed by atoms with E-state index in [0.717, 1.165) is 71.1 Å². The van der Waals surface area contributed by atoms with Gasteiger partial charge in [0, 0.05) is 28.8 Å². The van der Waals surface area contributed by atoms with Crippen molar-refractivity contribution in [3.63, 3.8) is 0 Å². The summed E-state index contributed by atoms with van der Waals surface area (Å²) in [6, 6.07) is 15.9. The second-order valence-corrected chi connectivity index (χ2v) is 7.95. The van der Waals surface area contributed by atoms with Crippen molar-refractivity contribution in [2.45, 2.75) is 30.6 Å². The van der Waals surface area contributed by atoms with E-state index in [1.165, 1.54) is 17.5 Å². The predicted molar refractivity (Wildman–Crippen MR) is 122 cm³/mol. The molecule has 0 radical (unpaired) electrons. The lowest BCUT2D eigenvalue weighted by molar-refractivity contribution is 0.297. The van der Waals surface area contributed by atoms with Gasteiger partial charge in [-0.25, -0.2) is 0 Å². The van der Waals surface area contributed by atoms with Crippen LogP contribution in [0.15, 0.2) is 81.3 Å². The van der Waals surface area contributed by atoms with E-state index in [4.69, 9.17) is 24.8 Å². The van der Waals surface area contributed by atoms with Crippen LogP contribution in [0.3, 0.4) is 0 Å². The normalized spacial score (nSPS) is 15.5. The molecule has 0 fully saturated rings. The third kappa shape index (κ3) is 5.20. The number of allylic oxidation sites excluding steroid dienone is 4. The van der Waals surface area contributed by atoms with Crippen LogP contribution in [0.4, 0.5) is 0 Å². The molecule has 1 aromatic heterocycles. The fraction of sp³-hybridized carbons (Fsp3) is 0.250. The molecule has 5 rings (SSSR count). The maximum atomic E-state index is 5.84. The van der Waals surface area contributed by atoms with Crippen LogP contribution in [0.2, 0.25) is 0 Å². The van der Waals surface area contributed by atoms with E-state index in [2.05, 4.69) is 24.3 Å². The largest absolute Gasteiger partial charge is 0.490 e. The van der Waals surface area contributed by atoms with Crippen LogP contribution in [-0.4, -0.2) is 13.2 Å². The van der Waals surface area contributed by atoms with Crippen LogP contribution in [0.5, 0.6) is 11.5 Å². The van der Waals surface area contributed by atoms with Crippen LogP contribution in [-0.2, 0) is 6.42 Å². The molecule has 6 heteroatoms. The minimum absolute atomic E-state index is 0.714. The molecule has 3 aromatic rings. The molecule has 1 aliphatic heterocycles. The van der Waals surface area contributed by atoms with Gasteiger partial charge in [-0.3, -0.25) is 5.14 Å². The third-order valence-electron chi connectivity index (χ3n) is 4.92. The maximum absolute atomic E-state index is 5.84. The summed E-state index contributed by atoms with van der Waals surface area (Å²) in [5.74, 6) is 2.62. The third-order valence-corrected chi connectivity index (χ3v) is 5.45. The van der Waals surface area contributed by atoms with Crippen molar-refractivity contribution < 1.29 is 13.9 Å². The Morgan fingerprint density at radius 3 is 2.60 bits per heavy atom. The zero-order valence-electron chi connectivity index (χ0n) is 16.8. The fourth-order valence-corrected chi connectivity index (χ4v) is 3.78. The van der Waals surface area contributed by atoms with E-state index >= 15 is 0 Å². The highest BCUT2D eigenvalue weighted by atomic mass is 32.2. The monoisotopic (exact) mass is 422 g/mol. The number of nitrogens with two attached hydrogens (primary N) is 2. The fourth-order valence-electron chi connectivity index (χ4n) is 3.46. The van der Waals surface area contributed by atoms with Crippen LogP contribution in [0.25, 0.3) is 11.0 Å². The highest BCUT2D eigenvalue weighted by Gasteiger charge is 2.10. The summed E-state index contributed by atoms with van der Waals surface area (Å²) in [6.07, 6.45) is 8.08. The lowest BCUT2D eigenvalue weighted by Gasteiger charge is -2.08. The number of hydrogen-bond donors (Lipinski definition) is 2. The summed E-state index contributed by atoms with van der Waals surface area (Å²) in [4.78, 5) is 0.990. The van der Waals surface area contributed by atoms with Gasteiger partial charge in [0.05, 0.1) is 13.2 Å². The van der Waals surface area contributed by atoms with Gasteiger partial charge in [0.25, 0.3) is 0 Å². The first-order valence-corrected chi connectivity index (χ1v) is 11.0. The molecule has 4 N–H and O–H groups in total. The average molecular weight is 423 g/mol. The SMILES string of the molecule is NC1=CC(Cc2cc3ccccc3o2)=CCC1.NSc1ccc2c(c1)OCCCO2. The minimum Gasteiger partial charge on any atom is -0.490 e. The van der Waals surface area contributed by atoms with Gasteiger partial charge >= 0.3 is 0 Å². The first-order valence-electron chi connectivity index (χ1n) is 10.1. The maximum Gasteiger partial charge on any atom is 0.162 e. The van der Waals surface area contributed by atoms with Gasteiger partial charge in [-0.05, 0) is 66.8 Å². The summed E-state index contributed by atoms with van der Waals surface area (Å²) in [5.41, 5.74) is 9.03. The predicted octanol–water partition coefficient (Wildman–Crippen LogP) is 5.35. The van der Waals surface area contributed by atoms with Crippen molar-refractivity contribution in [2.75, 3.05) is 13.2 Å². The Balaban J connectivity index is 0.000000151. The minimum atomic E-state index is 0.714. The Morgan fingerprint density at radius 1 is 0.967 bits per heavy atom. The average Bonchev–Trinajstić information content (AvgIpc) is 3.01. The molecular formula is C24H26N2O3S. The van der Waals surface area contributed by atoms with Gasteiger partial charge in [0.2, 0.25) is 0 Å². The van der Waals surface area contributed by atoms with Gasteiger partial charge in [-0.1, -0.05) is 24.3 Å². The zero-order valence-corrected chi connectivity index (χ0v) is 17.6. The van der Waals surface area contributed by atoms with E-state index in [1.54, 1.807) is 0 Å². The van der Waals surface area contributed by atoms with Crippen molar-refractivity contribution in [2.24, 2.45) is 10.9 Å². The van der Waals surface area contributed by atoms with Crippen LogP contribution in [0, 0.1) is 0 Å². The smallest absolute Gasteiger partial charge is 0.162 e. The first kappa shape index (κ1) is 20.4. The summed E-state index contributed by atoms with van der Waals surface area (Å²) in [7, 11) is 0. The van der Waals surface area contributed by atoms with Crippen LogP contribution in [0.1, 0.15) is 25.0 Å². The molecule has 1 aliphatic carbocycles. The number of fused-ring (bicyclic) bond motifs is 2. The van der Waals surface area contributed by atoms with E-state index in [0.29, 0.717) is 6.61 Å². The Hall–Kier alpha value is -2.83. The highest BCUT2D eigenvalue weighted by molar-refractivity contribution is 7.97.